The molecule has 0 radical (unpaired) electrons. The molecule has 2 unspecified atom stereocenters. The van der Waals surface area contributed by atoms with E-state index in [9.17, 15) is 14.4 Å². The molecule has 2 amide bonds. The fourth-order valence-electron chi connectivity index (χ4n) is 2.29. The minimum absolute atomic E-state index is 0.122. The van der Waals surface area contributed by atoms with Gasteiger partial charge in [0.2, 0.25) is 11.8 Å². The Labute approximate surface area is 143 Å². The number of hydrogen-bond acceptors (Lipinski definition) is 4. The number of hydrogen-bond donors (Lipinski definition) is 2. The molecule has 6 nitrogen and oxygen atoms in total. The first-order valence-corrected chi connectivity index (χ1v) is 8.13. The molecule has 0 spiro atoms. The Hall–Kier alpha value is -2.37. The molecule has 1 aromatic carbocycles. The molecule has 1 rings (SSSR count). The zero-order valence-electron chi connectivity index (χ0n) is 14.7. The van der Waals surface area contributed by atoms with Gasteiger partial charge in [0.15, 0.2) is 0 Å². The Morgan fingerprint density at radius 1 is 1.08 bits per heavy atom. The molecule has 2 N–H and O–H groups in total. The summed E-state index contributed by atoms with van der Waals surface area (Å²) in [7, 11) is 0. The molecular weight excluding hydrogens is 308 g/mol. The lowest BCUT2D eigenvalue weighted by Gasteiger charge is -2.24. The lowest BCUT2D eigenvalue weighted by molar-refractivity contribution is -0.149. The summed E-state index contributed by atoms with van der Waals surface area (Å²) in [6.07, 6.45) is 0.347. The van der Waals surface area contributed by atoms with Crippen LogP contribution in [-0.2, 0) is 25.5 Å². The summed E-state index contributed by atoms with van der Waals surface area (Å²) < 4.78 is 5.00. The first kappa shape index (κ1) is 19.7. The minimum Gasteiger partial charge on any atom is -0.464 e. The van der Waals surface area contributed by atoms with Gasteiger partial charge < -0.3 is 15.4 Å². The van der Waals surface area contributed by atoms with Crippen molar-refractivity contribution in [2.75, 3.05) is 6.61 Å². The number of carbonyl (C=O) groups excluding carboxylic acids is 3. The fourth-order valence-corrected chi connectivity index (χ4v) is 2.29. The van der Waals surface area contributed by atoms with Crippen molar-refractivity contribution in [2.24, 2.45) is 5.92 Å². The topological polar surface area (TPSA) is 84.5 Å². The molecule has 6 heteroatoms. The van der Waals surface area contributed by atoms with Crippen LogP contribution in [0.5, 0.6) is 0 Å². The third kappa shape index (κ3) is 6.40. The van der Waals surface area contributed by atoms with Gasteiger partial charge >= 0.3 is 5.97 Å². The van der Waals surface area contributed by atoms with Gasteiger partial charge in [-0.1, -0.05) is 44.2 Å². The predicted octanol–water partition coefficient (Wildman–Crippen LogP) is 1.44. The van der Waals surface area contributed by atoms with E-state index in [-0.39, 0.29) is 18.4 Å². The molecule has 24 heavy (non-hydrogen) atoms. The second kappa shape index (κ2) is 9.70. The van der Waals surface area contributed by atoms with E-state index < -0.39 is 24.0 Å². The van der Waals surface area contributed by atoms with E-state index >= 15 is 0 Å². The van der Waals surface area contributed by atoms with Gasteiger partial charge in [0, 0.05) is 13.3 Å². The molecule has 0 saturated heterocycles. The summed E-state index contributed by atoms with van der Waals surface area (Å²) in [5.41, 5.74) is 0.920. The van der Waals surface area contributed by atoms with Crippen LogP contribution >= 0.6 is 0 Å². The summed E-state index contributed by atoms with van der Waals surface area (Å²) in [6.45, 7) is 6.97. The molecule has 0 heterocycles. The van der Waals surface area contributed by atoms with Crippen LogP contribution in [0, 0.1) is 5.92 Å². The largest absolute Gasteiger partial charge is 0.464 e. The Bertz CT molecular complexity index is 557. The highest BCUT2D eigenvalue weighted by Crippen LogP contribution is 2.07. The number of benzene rings is 1. The van der Waals surface area contributed by atoms with Crippen LogP contribution in [0.4, 0.5) is 0 Å². The van der Waals surface area contributed by atoms with Crippen molar-refractivity contribution in [1.82, 2.24) is 10.6 Å². The number of carbonyl (C=O) groups is 3. The zero-order chi connectivity index (χ0) is 18.1. The van der Waals surface area contributed by atoms with Crippen molar-refractivity contribution < 1.29 is 19.1 Å². The molecule has 0 aliphatic carbocycles. The van der Waals surface area contributed by atoms with Crippen molar-refractivity contribution in [3.05, 3.63) is 35.9 Å². The SMILES string of the molecule is CCOC(=O)C(NC(=O)C(Cc1ccccc1)NC(C)=O)C(C)C. The number of amides is 2. The molecule has 0 aliphatic rings. The van der Waals surface area contributed by atoms with Gasteiger partial charge in [-0.2, -0.15) is 0 Å². The van der Waals surface area contributed by atoms with E-state index in [0.29, 0.717) is 6.42 Å². The van der Waals surface area contributed by atoms with Crippen LogP contribution in [0.25, 0.3) is 0 Å². The maximum Gasteiger partial charge on any atom is 0.328 e. The van der Waals surface area contributed by atoms with Crippen LogP contribution in [0.3, 0.4) is 0 Å². The molecule has 0 aromatic heterocycles. The molecule has 1 aromatic rings. The second-order valence-electron chi connectivity index (χ2n) is 5.93. The molecule has 2 atom stereocenters. The second-order valence-corrected chi connectivity index (χ2v) is 5.93. The Balaban J connectivity index is 2.86. The zero-order valence-corrected chi connectivity index (χ0v) is 14.7. The van der Waals surface area contributed by atoms with Gasteiger partial charge in [-0.05, 0) is 18.4 Å². The predicted molar refractivity (Wildman–Crippen MR) is 91.2 cm³/mol. The normalized spacial score (nSPS) is 13.0. The van der Waals surface area contributed by atoms with E-state index in [2.05, 4.69) is 10.6 Å². The molecule has 0 saturated carbocycles. The molecule has 0 fully saturated rings. The average molecular weight is 334 g/mol. The van der Waals surface area contributed by atoms with Crippen LogP contribution in [-0.4, -0.2) is 36.5 Å². The number of esters is 1. The quantitative estimate of drug-likeness (QED) is 0.705. The van der Waals surface area contributed by atoms with E-state index in [0.717, 1.165) is 5.56 Å². The number of ether oxygens (including phenoxy) is 1. The van der Waals surface area contributed by atoms with Gasteiger partial charge in [-0.25, -0.2) is 4.79 Å². The van der Waals surface area contributed by atoms with Crippen LogP contribution in [0.1, 0.15) is 33.3 Å². The monoisotopic (exact) mass is 334 g/mol. The van der Waals surface area contributed by atoms with E-state index in [1.165, 1.54) is 6.92 Å². The summed E-state index contributed by atoms with van der Waals surface area (Å²) >= 11 is 0. The third-order valence-corrected chi connectivity index (χ3v) is 3.48. The lowest BCUT2D eigenvalue weighted by atomic mass is 10.0. The Kier molecular flexibility index (Phi) is 7.95. The van der Waals surface area contributed by atoms with Gasteiger partial charge in [-0.15, -0.1) is 0 Å². The average Bonchev–Trinajstić information content (AvgIpc) is 2.52. The number of nitrogens with one attached hydrogen (secondary N) is 2. The maximum absolute atomic E-state index is 12.6. The van der Waals surface area contributed by atoms with Gasteiger partial charge in [-0.3, -0.25) is 9.59 Å². The van der Waals surface area contributed by atoms with Crippen molar-refractivity contribution in [3.8, 4) is 0 Å². The highest BCUT2D eigenvalue weighted by molar-refractivity contribution is 5.90. The van der Waals surface area contributed by atoms with E-state index in [1.807, 2.05) is 44.2 Å². The van der Waals surface area contributed by atoms with Crippen LogP contribution in [0.2, 0.25) is 0 Å². The van der Waals surface area contributed by atoms with Gasteiger partial charge in [0.05, 0.1) is 6.61 Å². The Morgan fingerprint density at radius 2 is 1.71 bits per heavy atom. The van der Waals surface area contributed by atoms with Crippen LogP contribution < -0.4 is 10.6 Å². The summed E-state index contributed by atoms with van der Waals surface area (Å²) in [6, 6.07) is 7.89. The summed E-state index contributed by atoms with van der Waals surface area (Å²) in [4.78, 5) is 36.0. The highest BCUT2D eigenvalue weighted by Gasteiger charge is 2.29. The standard InChI is InChI=1S/C18H26N2O4/c1-5-24-18(23)16(12(2)3)20-17(22)15(19-13(4)21)11-14-9-7-6-8-10-14/h6-10,12,15-16H,5,11H2,1-4H3,(H,19,21)(H,20,22). The molecule has 132 valence electrons. The Morgan fingerprint density at radius 3 is 2.21 bits per heavy atom. The summed E-state index contributed by atoms with van der Waals surface area (Å²) in [5, 5.41) is 5.34. The van der Waals surface area contributed by atoms with Crippen LogP contribution in [0.15, 0.2) is 30.3 Å². The first-order chi connectivity index (χ1) is 11.3. The molecular formula is C18H26N2O4. The lowest BCUT2D eigenvalue weighted by Crippen LogP contribution is -2.54. The van der Waals surface area contributed by atoms with E-state index in [1.54, 1.807) is 6.92 Å². The van der Waals surface area contributed by atoms with Gasteiger partial charge in [0.1, 0.15) is 12.1 Å². The van der Waals surface area contributed by atoms with Crippen molar-refractivity contribution in [2.45, 2.75) is 46.2 Å². The number of rotatable bonds is 8. The molecule has 0 aliphatic heterocycles. The van der Waals surface area contributed by atoms with Crippen molar-refractivity contribution in [1.29, 1.82) is 0 Å². The van der Waals surface area contributed by atoms with E-state index in [4.69, 9.17) is 4.74 Å². The molecule has 0 bridgehead atoms. The van der Waals surface area contributed by atoms with Gasteiger partial charge in [0.25, 0.3) is 0 Å². The maximum atomic E-state index is 12.6. The third-order valence-electron chi connectivity index (χ3n) is 3.48. The summed E-state index contributed by atoms with van der Waals surface area (Å²) in [5.74, 6) is -1.30. The fraction of sp³-hybridized carbons (Fsp3) is 0.500. The smallest absolute Gasteiger partial charge is 0.328 e. The van der Waals surface area contributed by atoms with Crippen molar-refractivity contribution in [3.63, 3.8) is 0 Å². The minimum atomic E-state index is -0.749. The highest BCUT2D eigenvalue weighted by atomic mass is 16.5. The first-order valence-electron chi connectivity index (χ1n) is 8.13. The van der Waals surface area contributed by atoms with Crippen molar-refractivity contribution >= 4 is 17.8 Å².